The van der Waals surface area contributed by atoms with Crippen LogP contribution in [-0.2, 0) is 4.74 Å². The fraction of sp³-hybridized carbons (Fsp3) is 0.333. The Bertz CT molecular complexity index is 216. The van der Waals surface area contributed by atoms with Crippen molar-refractivity contribution in [3.63, 3.8) is 0 Å². The fourth-order valence-electron chi connectivity index (χ4n) is 0.881. The van der Waals surface area contributed by atoms with E-state index in [9.17, 15) is 0 Å². The van der Waals surface area contributed by atoms with Gasteiger partial charge in [0.25, 0.3) is 0 Å². The van der Waals surface area contributed by atoms with E-state index >= 15 is 0 Å². The monoisotopic (exact) mass is 152 g/mol. The highest BCUT2D eigenvalue weighted by molar-refractivity contribution is 5.26. The van der Waals surface area contributed by atoms with Crippen LogP contribution in [-0.4, -0.2) is 12.2 Å². The highest BCUT2D eigenvalue weighted by atomic mass is 16.5. The topological polar surface area (TPSA) is 29.5 Å². The standard InChI is InChI=1S/C9H12O2/c1-7(11-2)8-3-5-9(10)6-4-8/h3-7,10H,1-2H3. The van der Waals surface area contributed by atoms with E-state index in [-0.39, 0.29) is 11.9 Å². The second-order valence-corrected chi connectivity index (χ2v) is 2.47. The highest BCUT2D eigenvalue weighted by Gasteiger charge is 2.01. The predicted octanol–water partition coefficient (Wildman–Crippen LogP) is 2.10. The lowest BCUT2D eigenvalue weighted by atomic mass is 10.1. The van der Waals surface area contributed by atoms with Gasteiger partial charge in [0.05, 0.1) is 6.10 Å². The summed E-state index contributed by atoms with van der Waals surface area (Å²) in [4.78, 5) is 0. The summed E-state index contributed by atoms with van der Waals surface area (Å²) in [5.74, 6) is 0.289. The zero-order chi connectivity index (χ0) is 8.27. The SMILES string of the molecule is COC(C)c1ccc(O)cc1. The largest absolute Gasteiger partial charge is 0.508 e. The van der Waals surface area contributed by atoms with Gasteiger partial charge in [-0.25, -0.2) is 0 Å². The normalized spacial score (nSPS) is 12.9. The number of aromatic hydroxyl groups is 1. The summed E-state index contributed by atoms with van der Waals surface area (Å²) >= 11 is 0. The summed E-state index contributed by atoms with van der Waals surface area (Å²) in [5, 5.41) is 8.97. The molecule has 1 unspecified atom stereocenters. The smallest absolute Gasteiger partial charge is 0.115 e. The van der Waals surface area contributed by atoms with Crippen LogP contribution in [0.2, 0.25) is 0 Å². The van der Waals surface area contributed by atoms with E-state index in [0.717, 1.165) is 5.56 Å². The van der Waals surface area contributed by atoms with Crippen molar-refractivity contribution in [2.75, 3.05) is 7.11 Å². The molecule has 2 heteroatoms. The molecule has 1 rings (SSSR count). The minimum Gasteiger partial charge on any atom is -0.508 e. The van der Waals surface area contributed by atoms with E-state index in [1.54, 1.807) is 19.2 Å². The molecule has 0 heterocycles. The number of hydrogen-bond acceptors (Lipinski definition) is 2. The van der Waals surface area contributed by atoms with E-state index in [4.69, 9.17) is 9.84 Å². The molecule has 1 aromatic carbocycles. The average molecular weight is 152 g/mol. The zero-order valence-corrected chi connectivity index (χ0v) is 6.74. The van der Waals surface area contributed by atoms with E-state index in [2.05, 4.69) is 0 Å². The van der Waals surface area contributed by atoms with Gasteiger partial charge in [-0.15, -0.1) is 0 Å². The molecule has 0 aliphatic carbocycles. The predicted molar refractivity (Wildman–Crippen MR) is 43.5 cm³/mol. The first kappa shape index (κ1) is 8.08. The van der Waals surface area contributed by atoms with Gasteiger partial charge in [0, 0.05) is 7.11 Å². The lowest BCUT2D eigenvalue weighted by Crippen LogP contribution is -1.94. The summed E-state index contributed by atoms with van der Waals surface area (Å²) in [6, 6.07) is 7.02. The Morgan fingerprint density at radius 2 is 1.82 bits per heavy atom. The van der Waals surface area contributed by atoms with Crippen LogP contribution in [0.5, 0.6) is 5.75 Å². The van der Waals surface area contributed by atoms with Crippen molar-refractivity contribution in [1.29, 1.82) is 0 Å². The van der Waals surface area contributed by atoms with Gasteiger partial charge < -0.3 is 9.84 Å². The Kier molecular flexibility index (Phi) is 2.49. The summed E-state index contributed by atoms with van der Waals surface area (Å²) in [6.45, 7) is 1.96. The van der Waals surface area contributed by atoms with Gasteiger partial charge in [0.1, 0.15) is 5.75 Å². The highest BCUT2D eigenvalue weighted by Crippen LogP contribution is 2.18. The van der Waals surface area contributed by atoms with E-state index in [0.29, 0.717) is 0 Å². The number of phenols is 1. The number of hydrogen-bond donors (Lipinski definition) is 1. The summed E-state index contributed by atoms with van der Waals surface area (Å²) in [5.41, 5.74) is 1.07. The molecule has 0 aliphatic heterocycles. The number of phenolic OH excluding ortho intramolecular Hbond substituents is 1. The van der Waals surface area contributed by atoms with Crippen LogP contribution in [0.15, 0.2) is 24.3 Å². The number of rotatable bonds is 2. The first-order chi connectivity index (χ1) is 5.24. The molecule has 0 spiro atoms. The minimum absolute atomic E-state index is 0.0931. The van der Waals surface area contributed by atoms with E-state index in [1.807, 2.05) is 19.1 Å². The van der Waals surface area contributed by atoms with Crippen molar-refractivity contribution in [3.05, 3.63) is 29.8 Å². The molecule has 0 saturated carbocycles. The fourth-order valence-corrected chi connectivity index (χ4v) is 0.881. The average Bonchev–Trinajstić information content (AvgIpc) is 2.05. The van der Waals surface area contributed by atoms with Crippen molar-refractivity contribution in [3.8, 4) is 5.75 Å². The number of ether oxygens (including phenoxy) is 1. The van der Waals surface area contributed by atoms with Gasteiger partial charge in [-0.2, -0.15) is 0 Å². The molecule has 0 amide bonds. The Balaban J connectivity index is 2.81. The van der Waals surface area contributed by atoms with Crippen molar-refractivity contribution >= 4 is 0 Å². The van der Waals surface area contributed by atoms with E-state index < -0.39 is 0 Å². The van der Waals surface area contributed by atoms with Gasteiger partial charge in [-0.05, 0) is 24.6 Å². The summed E-state index contributed by atoms with van der Waals surface area (Å²) in [6.07, 6.45) is 0.0931. The Morgan fingerprint density at radius 1 is 1.27 bits per heavy atom. The maximum Gasteiger partial charge on any atom is 0.115 e. The Hall–Kier alpha value is -1.02. The minimum atomic E-state index is 0.0931. The van der Waals surface area contributed by atoms with Crippen LogP contribution in [0.3, 0.4) is 0 Å². The van der Waals surface area contributed by atoms with Crippen LogP contribution in [0, 0.1) is 0 Å². The van der Waals surface area contributed by atoms with Crippen LogP contribution in [0.25, 0.3) is 0 Å². The molecule has 0 radical (unpaired) electrons. The third-order valence-corrected chi connectivity index (χ3v) is 1.72. The summed E-state index contributed by atoms with van der Waals surface area (Å²) in [7, 11) is 1.66. The molecular weight excluding hydrogens is 140 g/mol. The lowest BCUT2D eigenvalue weighted by Gasteiger charge is -2.08. The number of methoxy groups -OCH3 is 1. The van der Waals surface area contributed by atoms with Crippen LogP contribution >= 0.6 is 0 Å². The quantitative estimate of drug-likeness (QED) is 0.703. The van der Waals surface area contributed by atoms with Gasteiger partial charge in [-0.3, -0.25) is 0 Å². The van der Waals surface area contributed by atoms with Crippen LogP contribution in [0.1, 0.15) is 18.6 Å². The molecular formula is C9H12O2. The molecule has 1 aromatic rings. The van der Waals surface area contributed by atoms with Gasteiger partial charge in [-0.1, -0.05) is 12.1 Å². The Morgan fingerprint density at radius 3 is 2.27 bits per heavy atom. The lowest BCUT2D eigenvalue weighted by molar-refractivity contribution is 0.119. The second-order valence-electron chi connectivity index (χ2n) is 2.47. The van der Waals surface area contributed by atoms with Gasteiger partial charge >= 0.3 is 0 Å². The van der Waals surface area contributed by atoms with Crippen molar-refractivity contribution in [2.45, 2.75) is 13.0 Å². The molecule has 0 aromatic heterocycles. The third-order valence-electron chi connectivity index (χ3n) is 1.72. The van der Waals surface area contributed by atoms with Crippen molar-refractivity contribution in [1.82, 2.24) is 0 Å². The Labute approximate surface area is 66.4 Å². The molecule has 0 aliphatic rings. The maximum atomic E-state index is 8.97. The molecule has 60 valence electrons. The maximum absolute atomic E-state index is 8.97. The van der Waals surface area contributed by atoms with Crippen molar-refractivity contribution in [2.24, 2.45) is 0 Å². The first-order valence-electron chi connectivity index (χ1n) is 3.55. The molecule has 0 bridgehead atoms. The van der Waals surface area contributed by atoms with Gasteiger partial charge in [0.15, 0.2) is 0 Å². The summed E-state index contributed by atoms with van der Waals surface area (Å²) < 4.78 is 5.09. The molecule has 1 atom stereocenters. The van der Waals surface area contributed by atoms with Crippen LogP contribution in [0.4, 0.5) is 0 Å². The molecule has 2 nitrogen and oxygen atoms in total. The van der Waals surface area contributed by atoms with Gasteiger partial charge in [0.2, 0.25) is 0 Å². The molecule has 11 heavy (non-hydrogen) atoms. The van der Waals surface area contributed by atoms with Crippen LogP contribution < -0.4 is 0 Å². The zero-order valence-electron chi connectivity index (χ0n) is 6.74. The third kappa shape index (κ3) is 1.95. The van der Waals surface area contributed by atoms with Crippen molar-refractivity contribution < 1.29 is 9.84 Å². The van der Waals surface area contributed by atoms with E-state index in [1.165, 1.54) is 0 Å². The molecule has 0 fully saturated rings. The number of benzene rings is 1. The second kappa shape index (κ2) is 3.39. The molecule has 1 N–H and O–H groups in total. The first-order valence-corrected chi connectivity index (χ1v) is 3.55. The molecule has 0 saturated heterocycles.